The third kappa shape index (κ3) is 2.83. The number of H-pyrrole nitrogens is 1. The molecule has 0 saturated carbocycles. The molecule has 6 nitrogen and oxygen atoms in total. The zero-order valence-electron chi connectivity index (χ0n) is 10.7. The minimum absolute atomic E-state index is 0.0524. The molecule has 0 unspecified atom stereocenters. The van der Waals surface area contributed by atoms with Gasteiger partial charge in [0.1, 0.15) is 0 Å². The summed E-state index contributed by atoms with van der Waals surface area (Å²) in [4.78, 5) is 14.9. The minimum atomic E-state index is -0.0524. The highest BCUT2D eigenvalue weighted by Crippen LogP contribution is 2.19. The summed E-state index contributed by atoms with van der Waals surface area (Å²) in [5, 5.41) is 11.5. The van der Waals surface area contributed by atoms with E-state index in [4.69, 9.17) is 0 Å². The number of fused-ring (bicyclic) bond motifs is 1. The molecule has 2 aromatic heterocycles. The van der Waals surface area contributed by atoms with Gasteiger partial charge in [0.15, 0.2) is 0 Å². The Labute approximate surface area is 119 Å². The van der Waals surface area contributed by atoms with E-state index in [9.17, 15) is 4.79 Å². The molecule has 3 rings (SSSR count). The van der Waals surface area contributed by atoms with Gasteiger partial charge in [-0.25, -0.2) is 0 Å². The number of aromatic nitrogens is 4. The standard InChI is InChI=1S/C13H13N5OS/c19-12(15-13-16-17-18-20-13)7-3-4-9-8-14-11-6-2-1-5-10(9)11/h1-2,5-6,8,14H,3-4,7H2,(H,15,16,18,19). The van der Waals surface area contributed by atoms with E-state index in [2.05, 4.69) is 31.2 Å². The molecule has 7 heteroatoms. The van der Waals surface area contributed by atoms with Crippen molar-refractivity contribution in [3.63, 3.8) is 0 Å². The van der Waals surface area contributed by atoms with Crippen LogP contribution in [0.15, 0.2) is 30.5 Å². The van der Waals surface area contributed by atoms with Gasteiger partial charge in [-0.2, -0.15) is 0 Å². The number of nitrogens with zero attached hydrogens (tertiary/aromatic N) is 3. The molecule has 1 amide bonds. The van der Waals surface area contributed by atoms with Crippen LogP contribution in [0.3, 0.4) is 0 Å². The molecule has 0 bridgehead atoms. The summed E-state index contributed by atoms with van der Waals surface area (Å²) in [6.45, 7) is 0. The summed E-state index contributed by atoms with van der Waals surface area (Å²) in [5.74, 6) is -0.0524. The van der Waals surface area contributed by atoms with Gasteiger partial charge < -0.3 is 4.98 Å². The average molecular weight is 287 g/mol. The highest BCUT2D eigenvalue weighted by atomic mass is 32.1. The third-order valence-corrected chi connectivity index (χ3v) is 3.58. The van der Waals surface area contributed by atoms with Crippen LogP contribution in [0.1, 0.15) is 18.4 Å². The molecule has 0 atom stereocenters. The minimum Gasteiger partial charge on any atom is -0.361 e. The van der Waals surface area contributed by atoms with E-state index in [1.807, 2.05) is 24.4 Å². The van der Waals surface area contributed by atoms with E-state index >= 15 is 0 Å². The predicted octanol–water partition coefficient (Wildman–Crippen LogP) is 2.38. The van der Waals surface area contributed by atoms with Gasteiger partial charge >= 0.3 is 0 Å². The Morgan fingerprint density at radius 2 is 2.25 bits per heavy atom. The first-order valence-corrected chi connectivity index (χ1v) is 7.10. The number of nitrogens with one attached hydrogen (secondary N) is 2. The van der Waals surface area contributed by atoms with E-state index in [-0.39, 0.29) is 5.91 Å². The quantitative estimate of drug-likeness (QED) is 0.754. The van der Waals surface area contributed by atoms with Crippen molar-refractivity contribution in [2.24, 2.45) is 0 Å². The van der Waals surface area contributed by atoms with Gasteiger partial charge in [-0.15, -0.1) is 0 Å². The highest BCUT2D eigenvalue weighted by Gasteiger charge is 2.07. The summed E-state index contributed by atoms with van der Waals surface area (Å²) in [5.41, 5.74) is 2.37. The van der Waals surface area contributed by atoms with Gasteiger partial charge in [0.25, 0.3) is 0 Å². The van der Waals surface area contributed by atoms with Crippen molar-refractivity contribution in [2.45, 2.75) is 19.3 Å². The second-order valence-corrected chi connectivity index (χ2v) is 5.16. The average Bonchev–Trinajstić information content (AvgIpc) is 3.09. The number of rotatable bonds is 5. The number of amides is 1. The fourth-order valence-electron chi connectivity index (χ4n) is 2.14. The van der Waals surface area contributed by atoms with Crippen molar-refractivity contribution in [2.75, 3.05) is 5.32 Å². The van der Waals surface area contributed by atoms with Crippen LogP contribution >= 0.6 is 11.5 Å². The van der Waals surface area contributed by atoms with E-state index < -0.39 is 0 Å². The Hall–Kier alpha value is -2.28. The van der Waals surface area contributed by atoms with Crippen LogP contribution in [0.4, 0.5) is 5.13 Å². The SMILES string of the molecule is O=C(CCCc1c[nH]c2ccccc12)Nc1nnns1. The smallest absolute Gasteiger partial charge is 0.231 e. The molecule has 0 saturated heterocycles. The lowest BCUT2D eigenvalue weighted by atomic mass is 10.1. The number of benzene rings is 1. The van der Waals surface area contributed by atoms with Gasteiger partial charge in [0.2, 0.25) is 11.0 Å². The maximum Gasteiger partial charge on any atom is 0.231 e. The van der Waals surface area contributed by atoms with E-state index in [1.54, 1.807) is 0 Å². The van der Waals surface area contributed by atoms with Crippen LogP contribution in [0.5, 0.6) is 0 Å². The summed E-state index contributed by atoms with van der Waals surface area (Å²) in [7, 11) is 0. The first-order valence-electron chi connectivity index (χ1n) is 6.33. The molecule has 0 radical (unpaired) electrons. The van der Waals surface area contributed by atoms with Gasteiger partial charge in [0, 0.05) is 35.1 Å². The Kier molecular flexibility index (Phi) is 3.69. The van der Waals surface area contributed by atoms with Crippen molar-refractivity contribution >= 4 is 33.5 Å². The van der Waals surface area contributed by atoms with Crippen LogP contribution in [0.25, 0.3) is 10.9 Å². The van der Waals surface area contributed by atoms with Crippen LogP contribution in [0, 0.1) is 0 Å². The zero-order valence-corrected chi connectivity index (χ0v) is 11.5. The summed E-state index contributed by atoms with van der Waals surface area (Å²) in [6, 6.07) is 8.17. The monoisotopic (exact) mass is 287 g/mol. The van der Waals surface area contributed by atoms with Crippen LogP contribution < -0.4 is 5.32 Å². The van der Waals surface area contributed by atoms with Crippen LogP contribution in [-0.2, 0) is 11.2 Å². The molecule has 0 spiro atoms. The highest BCUT2D eigenvalue weighted by molar-refractivity contribution is 7.09. The second-order valence-electron chi connectivity index (χ2n) is 4.43. The van der Waals surface area contributed by atoms with Crippen molar-refractivity contribution in [3.05, 3.63) is 36.0 Å². The normalized spacial score (nSPS) is 10.8. The van der Waals surface area contributed by atoms with Gasteiger partial charge in [0.05, 0.1) is 0 Å². The largest absolute Gasteiger partial charge is 0.361 e. The molecule has 2 N–H and O–H groups in total. The van der Waals surface area contributed by atoms with Gasteiger partial charge in [-0.1, -0.05) is 27.8 Å². The van der Waals surface area contributed by atoms with Crippen molar-refractivity contribution in [3.8, 4) is 0 Å². The number of para-hydroxylation sites is 1. The maximum atomic E-state index is 11.7. The molecule has 0 aliphatic heterocycles. The van der Waals surface area contributed by atoms with Crippen molar-refractivity contribution < 1.29 is 4.79 Å². The molecule has 102 valence electrons. The number of carbonyl (C=O) groups is 1. The first-order chi connectivity index (χ1) is 9.83. The molecular formula is C13H13N5OS. The third-order valence-electron chi connectivity index (χ3n) is 3.07. The summed E-state index contributed by atoms with van der Waals surface area (Å²) < 4.78 is 3.59. The van der Waals surface area contributed by atoms with E-state index in [1.165, 1.54) is 10.9 Å². The number of aryl methyl sites for hydroxylation is 1. The maximum absolute atomic E-state index is 11.7. The zero-order chi connectivity index (χ0) is 13.8. The lowest BCUT2D eigenvalue weighted by molar-refractivity contribution is -0.116. The first kappa shape index (κ1) is 12.7. The Morgan fingerprint density at radius 1 is 1.35 bits per heavy atom. The Bertz CT molecular complexity index is 706. The Morgan fingerprint density at radius 3 is 3.10 bits per heavy atom. The fraction of sp³-hybridized carbons (Fsp3) is 0.231. The van der Waals surface area contributed by atoms with E-state index in [0.29, 0.717) is 11.6 Å². The number of hydrogen-bond donors (Lipinski definition) is 2. The lowest BCUT2D eigenvalue weighted by Crippen LogP contribution is -2.11. The van der Waals surface area contributed by atoms with Crippen molar-refractivity contribution in [1.82, 2.24) is 19.8 Å². The molecular weight excluding hydrogens is 274 g/mol. The lowest BCUT2D eigenvalue weighted by Gasteiger charge is -2.01. The number of anilines is 1. The molecule has 0 fully saturated rings. The number of carbonyl (C=O) groups excluding carboxylic acids is 1. The number of hydrogen-bond acceptors (Lipinski definition) is 5. The predicted molar refractivity (Wildman–Crippen MR) is 77.6 cm³/mol. The Balaban J connectivity index is 1.53. The topological polar surface area (TPSA) is 83.6 Å². The summed E-state index contributed by atoms with van der Waals surface area (Å²) >= 11 is 1.08. The second kappa shape index (κ2) is 5.79. The summed E-state index contributed by atoms with van der Waals surface area (Å²) in [6.07, 6.45) is 4.13. The van der Waals surface area contributed by atoms with Crippen LogP contribution in [0.2, 0.25) is 0 Å². The fourth-order valence-corrected chi connectivity index (χ4v) is 2.52. The van der Waals surface area contributed by atoms with Gasteiger partial charge in [-0.3, -0.25) is 10.1 Å². The van der Waals surface area contributed by atoms with Crippen LogP contribution in [-0.4, -0.2) is 25.7 Å². The molecule has 3 aromatic rings. The molecule has 2 heterocycles. The number of aromatic amines is 1. The van der Waals surface area contributed by atoms with Gasteiger partial charge in [-0.05, 0) is 29.7 Å². The molecule has 0 aliphatic carbocycles. The molecule has 0 aliphatic rings. The molecule has 20 heavy (non-hydrogen) atoms. The van der Waals surface area contributed by atoms with E-state index in [0.717, 1.165) is 29.9 Å². The van der Waals surface area contributed by atoms with Crippen molar-refractivity contribution in [1.29, 1.82) is 0 Å². The molecule has 1 aromatic carbocycles.